The molecule has 0 aromatic carbocycles. The van der Waals surface area contributed by atoms with Gasteiger partial charge in [0, 0.05) is 24.0 Å². The summed E-state index contributed by atoms with van der Waals surface area (Å²) in [6, 6.07) is 1.87. The fourth-order valence-electron chi connectivity index (χ4n) is 1.60. The van der Waals surface area contributed by atoms with Crippen LogP contribution in [0.4, 0.5) is 0 Å². The average molecular weight is 206 g/mol. The first kappa shape index (κ1) is 10.1. The molecule has 1 unspecified atom stereocenters. The van der Waals surface area contributed by atoms with E-state index in [-0.39, 0.29) is 6.54 Å². The molecule has 0 saturated heterocycles. The number of aryl methyl sites for hydroxylation is 2. The van der Waals surface area contributed by atoms with E-state index in [0.717, 1.165) is 17.0 Å². The van der Waals surface area contributed by atoms with E-state index in [0.29, 0.717) is 5.69 Å². The first-order chi connectivity index (χ1) is 7.13. The summed E-state index contributed by atoms with van der Waals surface area (Å²) in [5, 5.41) is 9.66. The quantitative estimate of drug-likeness (QED) is 0.742. The van der Waals surface area contributed by atoms with Crippen molar-refractivity contribution in [1.82, 2.24) is 14.4 Å². The largest absolute Gasteiger partial charge is 0.385 e. The van der Waals surface area contributed by atoms with Crippen LogP contribution < -0.4 is 5.73 Å². The number of hydrogen-bond acceptors (Lipinski definition) is 4. The lowest BCUT2D eigenvalue weighted by atomic mass is 10.2. The molecule has 0 aliphatic heterocycles. The zero-order valence-electron chi connectivity index (χ0n) is 8.81. The summed E-state index contributed by atoms with van der Waals surface area (Å²) < 4.78 is 1.85. The normalized spacial score (nSPS) is 13.3. The highest BCUT2D eigenvalue weighted by Gasteiger charge is 2.15. The summed E-state index contributed by atoms with van der Waals surface area (Å²) in [6.07, 6.45) is 1.00. The molecule has 0 fully saturated rings. The molecular weight excluding hydrogens is 192 g/mol. The van der Waals surface area contributed by atoms with Crippen molar-refractivity contribution in [2.45, 2.75) is 20.0 Å². The van der Waals surface area contributed by atoms with E-state index in [1.54, 1.807) is 6.33 Å². The highest BCUT2D eigenvalue weighted by Crippen LogP contribution is 2.17. The number of nitrogens with zero attached hydrogens (tertiary/aromatic N) is 3. The van der Waals surface area contributed by atoms with Gasteiger partial charge in [-0.3, -0.25) is 4.40 Å². The van der Waals surface area contributed by atoms with Crippen molar-refractivity contribution in [1.29, 1.82) is 0 Å². The van der Waals surface area contributed by atoms with E-state index in [9.17, 15) is 5.11 Å². The number of aliphatic hydroxyl groups is 1. The van der Waals surface area contributed by atoms with Gasteiger partial charge in [0.15, 0.2) is 0 Å². The Morgan fingerprint density at radius 3 is 2.93 bits per heavy atom. The van der Waals surface area contributed by atoms with Crippen LogP contribution in [0, 0.1) is 13.8 Å². The molecule has 0 bridgehead atoms. The highest BCUT2D eigenvalue weighted by atomic mass is 16.3. The van der Waals surface area contributed by atoms with Gasteiger partial charge < -0.3 is 10.8 Å². The van der Waals surface area contributed by atoms with Crippen LogP contribution >= 0.6 is 0 Å². The van der Waals surface area contributed by atoms with E-state index in [4.69, 9.17) is 5.73 Å². The Balaban J connectivity index is 2.63. The van der Waals surface area contributed by atoms with Crippen LogP contribution in [0.1, 0.15) is 23.2 Å². The summed E-state index contributed by atoms with van der Waals surface area (Å²) in [5.74, 6) is 0. The lowest BCUT2D eigenvalue weighted by Gasteiger charge is -2.04. The minimum atomic E-state index is -0.704. The van der Waals surface area contributed by atoms with Gasteiger partial charge in [0.05, 0.1) is 5.69 Å². The molecule has 2 heterocycles. The first-order valence-corrected chi connectivity index (χ1v) is 4.83. The molecule has 15 heavy (non-hydrogen) atoms. The van der Waals surface area contributed by atoms with Crippen molar-refractivity contribution in [3.63, 3.8) is 0 Å². The van der Waals surface area contributed by atoms with Crippen LogP contribution in [0.3, 0.4) is 0 Å². The Morgan fingerprint density at radius 1 is 1.53 bits per heavy atom. The topological polar surface area (TPSA) is 76.4 Å². The zero-order valence-corrected chi connectivity index (χ0v) is 8.81. The van der Waals surface area contributed by atoms with Crippen LogP contribution in [0.2, 0.25) is 0 Å². The van der Waals surface area contributed by atoms with E-state index < -0.39 is 6.10 Å². The van der Waals surface area contributed by atoms with E-state index in [1.807, 2.05) is 24.3 Å². The standard InChI is InChI=1S/C10H14N4O/c1-6-3-9-13-10(8(15)4-11)7(2)14(9)5-12-6/h3,5,8,15H,4,11H2,1-2H3. The number of rotatable bonds is 2. The predicted octanol–water partition coefficient (Wildman–Crippen LogP) is 0.338. The Bertz CT molecular complexity index is 491. The van der Waals surface area contributed by atoms with E-state index in [1.165, 1.54) is 0 Å². The maximum atomic E-state index is 9.66. The Kier molecular flexibility index (Phi) is 2.42. The first-order valence-electron chi connectivity index (χ1n) is 4.83. The van der Waals surface area contributed by atoms with Crippen LogP contribution in [-0.4, -0.2) is 26.0 Å². The molecule has 0 aliphatic rings. The molecular formula is C10H14N4O. The molecule has 5 heteroatoms. The third kappa shape index (κ3) is 1.60. The SMILES string of the molecule is Cc1cc2nc(C(O)CN)c(C)n2cn1. The molecule has 0 radical (unpaired) electrons. The fourth-order valence-corrected chi connectivity index (χ4v) is 1.60. The van der Waals surface area contributed by atoms with Gasteiger partial charge in [0.1, 0.15) is 18.1 Å². The van der Waals surface area contributed by atoms with Gasteiger partial charge in [-0.2, -0.15) is 0 Å². The summed E-state index contributed by atoms with van der Waals surface area (Å²) in [6.45, 7) is 3.98. The second kappa shape index (κ2) is 3.60. The van der Waals surface area contributed by atoms with Crippen LogP contribution in [0.25, 0.3) is 5.65 Å². The Labute approximate surface area is 87.6 Å². The lowest BCUT2D eigenvalue weighted by Crippen LogP contribution is -2.12. The Morgan fingerprint density at radius 2 is 2.27 bits per heavy atom. The summed E-state index contributed by atoms with van der Waals surface area (Å²) >= 11 is 0. The van der Waals surface area contributed by atoms with Gasteiger partial charge in [-0.25, -0.2) is 9.97 Å². The maximum Gasteiger partial charge on any atom is 0.140 e. The number of hydrogen-bond donors (Lipinski definition) is 2. The maximum absolute atomic E-state index is 9.66. The van der Waals surface area contributed by atoms with Crippen molar-refractivity contribution in [3.05, 3.63) is 29.5 Å². The Hall–Kier alpha value is -1.46. The minimum Gasteiger partial charge on any atom is -0.385 e. The summed E-state index contributed by atoms with van der Waals surface area (Å²) in [7, 11) is 0. The van der Waals surface area contributed by atoms with Crippen LogP contribution in [0.15, 0.2) is 12.4 Å². The van der Waals surface area contributed by atoms with Crippen molar-refractivity contribution >= 4 is 5.65 Å². The fraction of sp³-hybridized carbons (Fsp3) is 0.400. The number of imidazole rings is 1. The molecule has 5 nitrogen and oxygen atoms in total. The zero-order chi connectivity index (χ0) is 11.0. The number of nitrogens with two attached hydrogens (primary N) is 1. The molecule has 2 aromatic heterocycles. The monoisotopic (exact) mass is 206 g/mol. The van der Waals surface area contributed by atoms with Crippen molar-refractivity contribution < 1.29 is 5.11 Å². The highest BCUT2D eigenvalue weighted by molar-refractivity contribution is 5.43. The van der Waals surface area contributed by atoms with Gasteiger partial charge in [0.2, 0.25) is 0 Å². The molecule has 2 rings (SSSR count). The van der Waals surface area contributed by atoms with E-state index >= 15 is 0 Å². The molecule has 0 saturated carbocycles. The van der Waals surface area contributed by atoms with Crippen LogP contribution in [0.5, 0.6) is 0 Å². The average Bonchev–Trinajstić information content (AvgIpc) is 2.54. The molecule has 0 aliphatic carbocycles. The van der Waals surface area contributed by atoms with Gasteiger partial charge in [-0.1, -0.05) is 0 Å². The van der Waals surface area contributed by atoms with Gasteiger partial charge in [-0.05, 0) is 13.8 Å². The second-order valence-electron chi connectivity index (χ2n) is 3.59. The lowest BCUT2D eigenvalue weighted by molar-refractivity contribution is 0.181. The van der Waals surface area contributed by atoms with Gasteiger partial charge in [-0.15, -0.1) is 0 Å². The smallest absolute Gasteiger partial charge is 0.140 e. The van der Waals surface area contributed by atoms with Crippen molar-refractivity contribution in [2.24, 2.45) is 5.73 Å². The third-order valence-electron chi connectivity index (χ3n) is 2.47. The number of aliphatic hydroxyl groups excluding tert-OH is 1. The molecule has 3 N–H and O–H groups in total. The second-order valence-corrected chi connectivity index (χ2v) is 3.59. The molecule has 80 valence electrons. The third-order valence-corrected chi connectivity index (χ3v) is 2.47. The molecule has 0 spiro atoms. The van der Waals surface area contributed by atoms with Gasteiger partial charge in [0.25, 0.3) is 0 Å². The molecule has 0 amide bonds. The predicted molar refractivity (Wildman–Crippen MR) is 56.5 cm³/mol. The molecule has 1 atom stereocenters. The van der Waals surface area contributed by atoms with E-state index in [2.05, 4.69) is 9.97 Å². The van der Waals surface area contributed by atoms with Gasteiger partial charge >= 0.3 is 0 Å². The minimum absolute atomic E-state index is 0.178. The van der Waals surface area contributed by atoms with Crippen molar-refractivity contribution in [3.8, 4) is 0 Å². The molecule has 2 aromatic rings. The number of aromatic nitrogens is 3. The van der Waals surface area contributed by atoms with Crippen LogP contribution in [-0.2, 0) is 0 Å². The van der Waals surface area contributed by atoms with Crippen molar-refractivity contribution in [2.75, 3.05) is 6.54 Å². The summed E-state index contributed by atoms with van der Waals surface area (Å²) in [4.78, 5) is 8.51. The summed E-state index contributed by atoms with van der Waals surface area (Å²) in [5.41, 5.74) is 8.62. The number of fused-ring (bicyclic) bond motifs is 1.